The molecule has 84 valence electrons. The van der Waals surface area contributed by atoms with E-state index in [4.69, 9.17) is 16.3 Å². The van der Waals surface area contributed by atoms with Gasteiger partial charge < -0.3 is 4.74 Å². The number of benzene rings is 1. The Bertz CT molecular complexity index is 312. The van der Waals surface area contributed by atoms with Gasteiger partial charge in [0.15, 0.2) is 0 Å². The number of hydrogen-bond donors (Lipinski definition) is 0. The van der Waals surface area contributed by atoms with Crippen LogP contribution in [0.2, 0.25) is 0 Å². The lowest BCUT2D eigenvalue weighted by Gasteiger charge is -2.12. The van der Waals surface area contributed by atoms with Gasteiger partial charge in [-0.2, -0.15) is 13.2 Å². The normalized spacial score (nSPS) is 11.7. The third kappa shape index (κ3) is 3.72. The predicted molar refractivity (Wildman–Crippen MR) is 51.8 cm³/mol. The predicted octanol–water partition coefficient (Wildman–Crippen LogP) is 3.46. The van der Waals surface area contributed by atoms with Crippen molar-refractivity contribution >= 4 is 11.6 Å². The topological polar surface area (TPSA) is 9.23 Å². The van der Waals surface area contributed by atoms with Crippen molar-refractivity contribution in [2.45, 2.75) is 12.6 Å². The quantitative estimate of drug-likeness (QED) is 0.577. The molecular formula is C10H10ClF3O. The zero-order valence-electron chi connectivity index (χ0n) is 7.85. The Hall–Kier alpha value is -0.740. The lowest BCUT2D eigenvalue weighted by molar-refractivity contribution is -0.138. The number of ether oxygens (including phenoxy) is 1. The summed E-state index contributed by atoms with van der Waals surface area (Å²) in [6.07, 6.45) is -4.10. The molecule has 5 heteroatoms. The molecule has 1 aromatic rings. The fourth-order valence-electron chi connectivity index (χ4n) is 1.25. The summed E-state index contributed by atoms with van der Waals surface area (Å²) in [5.74, 6) is 0. The van der Waals surface area contributed by atoms with Crippen LogP contribution in [0.25, 0.3) is 0 Å². The SMILES string of the molecule is FC(F)(F)c1ccccc1CCOCCl. The van der Waals surface area contributed by atoms with Gasteiger partial charge in [-0.25, -0.2) is 0 Å². The molecule has 0 bridgehead atoms. The zero-order chi connectivity index (χ0) is 11.3. The summed E-state index contributed by atoms with van der Waals surface area (Å²) in [6, 6.07) is 5.45. The Kier molecular flexibility index (Phi) is 4.42. The first kappa shape index (κ1) is 12.3. The fourth-order valence-corrected chi connectivity index (χ4v) is 1.36. The molecule has 1 rings (SSSR count). The van der Waals surface area contributed by atoms with Crippen molar-refractivity contribution < 1.29 is 17.9 Å². The molecule has 0 spiro atoms. The van der Waals surface area contributed by atoms with E-state index in [0.29, 0.717) is 0 Å². The Labute approximate surface area is 90.8 Å². The van der Waals surface area contributed by atoms with Gasteiger partial charge in [0, 0.05) is 0 Å². The molecule has 0 N–H and O–H groups in total. The summed E-state index contributed by atoms with van der Waals surface area (Å²) in [7, 11) is 0. The first-order valence-corrected chi connectivity index (χ1v) is 4.88. The van der Waals surface area contributed by atoms with Gasteiger partial charge in [-0.15, -0.1) is 0 Å². The molecule has 0 radical (unpaired) electrons. The summed E-state index contributed by atoms with van der Waals surface area (Å²) < 4.78 is 42.3. The molecule has 15 heavy (non-hydrogen) atoms. The molecule has 0 aliphatic rings. The maximum Gasteiger partial charge on any atom is 0.416 e. The molecule has 1 nitrogen and oxygen atoms in total. The summed E-state index contributed by atoms with van der Waals surface area (Å²) in [5, 5.41) is 0. The van der Waals surface area contributed by atoms with Crippen LogP contribution in [-0.2, 0) is 17.3 Å². The Morgan fingerprint density at radius 1 is 1.20 bits per heavy atom. The zero-order valence-corrected chi connectivity index (χ0v) is 8.61. The van der Waals surface area contributed by atoms with Gasteiger partial charge >= 0.3 is 6.18 Å². The minimum atomic E-state index is -4.31. The van der Waals surface area contributed by atoms with Crippen molar-refractivity contribution in [3.05, 3.63) is 35.4 Å². The third-order valence-electron chi connectivity index (χ3n) is 1.92. The monoisotopic (exact) mass is 238 g/mol. The molecule has 0 saturated carbocycles. The van der Waals surface area contributed by atoms with Crippen LogP contribution in [0.3, 0.4) is 0 Å². The van der Waals surface area contributed by atoms with Gasteiger partial charge in [-0.1, -0.05) is 29.8 Å². The maximum atomic E-state index is 12.5. The lowest BCUT2D eigenvalue weighted by atomic mass is 10.0. The van der Waals surface area contributed by atoms with Crippen LogP contribution in [0.5, 0.6) is 0 Å². The second-order valence-electron chi connectivity index (χ2n) is 2.92. The summed E-state index contributed by atoms with van der Waals surface area (Å²) >= 11 is 5.25. The smallest absolute Gasteiger partial charge is 0.365 e. The second kappa shape index (κ2) is 5.37. The van der Waals surface area contributed by atoms with Gasteiger partial charge in [0.05, 0.1) is 12.2 Å². The first-order chi connectivity index (χ1) is 7.05. The average molecular weight is 239 g/mol. The highest BCUT2D eigenvalue weighted by Crippen LogP contribution is 2.31. The van der Waals surface area contributed by atoms with E-state index in [1.54, 1.807) is 6.07 Å². The van der Waals surface area contributed by atoms with Crippen LogP contribution in [0.15, 0.2) is 24.3 Å². The minimum Gasteiger partial charge on any atom is -0.365 e. The highest BCUT2D eigenvalue weighted by Gasteiger charge is 2.32. The molecule has 0 atom stereocenters. The van der Waals surface area contributed by atoms with Crippen LogP contribution in [0, 0.1) is 0 Å². The molecule has 0 aliphatic carbocycles. The van der Waals surface area contributed by atoms with Gasteiger partial charge in [0.2, 0.25) is 0 Å². The van der Waals surface area contributed by atoms with E-state index in [0.717, 1.165) is 6.07 Å². The second-order valence-corrected chi connectivity index (χ2v) is 3.14. The molecule has 0 aromatic heterocycles. The van der Waals surface area contributed by atoms with Crippen molar-refractivity contribution in [2.75, 3.05) is 12.7 Å². The molecular weight excluding hydrogens is 229 g/mol. The van der Waals surface area contributed by atoms with Crippen LogP contribution < -0.4 is 0 Å². The molecule has 0 heterocycles. The molecule has 0 saturated heterocycles. The lowest BCUT2D eigenvalue weighted by Crippen LogP contribution is -2.10. The third-order valence-corrected chi connectivity index (χ3v) is 2.07. The van der Waals surface area contributed by atoms with E-state index >= 15 is 0 Å². The van der Waals surface area contributed by atoms with Crippen LogP contribution >= 0.6 is 11.6 Å². The van der Waals surface area contributed by atoms with E-state index in [-0.39, 0.29) is 24.7 Å². The number of rotatable bonds is 4. The van der Waals surface area contributed by atoms with Crippen LogP contribution in [0.4, 0.5) is 13.2 Å². The maximum absolute atomic E-state index is 12.5. The highest BCUT2D eigenvalue weighted by atomic mass is 35.5. The largest absolute Gasteiger partial charge is 0.416 e. The molecule has 0 aliphatic heterocycles. The van der Waals surface area contributed by atoms with E-state index in [2.05, 4.69) is 0 Å². The summed E-state index contributed by atoms with van der Waals surface area (Å²) in [5.41, 5.74) is -0.377. The molecule has 0 amide bonds. The van der Waals surface area contributed by atoms with E-state index in [1.807, 2.05) is 0 Å². The standard InChI is InChI=1S/C10H10ClF3O/c11-7-15-6-5-8-3-1-2-4-9(8)10(12,13)14/h1-4H,5-7H2. The van der Waals surface area contributed by atoms with Gasteiger partial charge in [0.1, 0.15) is 6.07 Å². The van der Waals surface area contributed by atoms with Crippen molar-refractivity contribution in [2.24, 2.45) is 0 Å². The number of alkyl halides is 4. The Morgan fingerprint density at radius 2 is 1.87 bits per heavy atom. The minimum absolute atomic E-state index is 0.00577. The van der Waals surface area contributed by atoms with E-state index < -0.39 is 11.7 Å². The average Bonchev–Trinajstić information content (AvgIpc) is 2.17. The van der Waals surface area contributed by atoms with Crippen molar-refractivity contribution in [3.63, 3.8) is 0 Å². The first-order valence-electron chi connectivity index (χ1n) is 4.34. The number of hydrogen-bond acceptors (Lipinski definition) is 1. The highest BCUT2D eigenvalue weighted by molar-refractivity contribution is 6.17. The van der Waals surface area contributed by atoms with Crippen LogP contribution in [0.1, 0.15) is 11.1 Å². The van der Waals surface area contributed by atoms with Crippen molar-refractivity contribution in [3.8, 4) is 0 Å². The molecule has 1 aromatic carbocycles. The van der Waals surface area contributed by atoms with Crippen molar-refractivity contribution in [1.82, 2.24) is 0 Å². The van der Waals surface area contributed by atoms with E-state index in [9.17, 15) is 13.2 Å². The molecule has 0 unspecified atom stereocenters. The van der Waals surface area contributed by atoms with Crippen molar-refractivity contribution in [1.29, 1.82) is 0 Å². The fraction of sp³-hybridized carbons (Fsp3) is 0.400. The molecule has 0 fully saturated rings. The summed E-state index contributed by atoms with van der Waals surface area (Å²) in [4.78, 5) is 0. The Morgan fingerprint density at radius 3 is 2.47 bits per heavy atom. The van der Waals surface area contributed by atoms with Crippen LogP contribution in [-0.4, -0.2) is 12.7 Å². The van der Waals surface area contributed by atoms with Gasteiger partial charge in [-0.05, 0) is 18.1 Å². The number of halogens is 4. The summed E-state index contributed by atoms with van der Waals surface area (Å²) in [6.45, 7) is 0.191. The van der Waals surface area contributed by atoms with E-state index in [1.165, 1.54) is 12.1 Å². The van der Waals surface area contributed by atoms with Gasteiger partial charge in [-0.3, -0.25) is 0 Å². The van der Waals surface area contributed by atoms with Gasteiger partial charge in [0.25, 0.3) is 0 Å². The Balaban J connectivity index is 2.78.